The van der Waals surface area contributed by atoms with E-state index < -0.39 is 0 Å². The Kier molecular flexibility index (Phi) is 1.97. The van der Waals surface area contributed by atoms with Crippen LogP contribution in [0.15, 0.2) is 30.3 Å². The molecule has 0 heterocycles. The van der Waals surface area contributed by atoms with Crippen molar-refractivity contribution in [3.05, 3.63) is 46.7 Å². The zero-order chi connectivity index (χ0) is 9.42. The Morgan fingerprint density at radius 3 is 2.62 bits per heavy atom. The minimum absolute atomic E-state index is 0.185. The molecule has 0 unspecified atom stereocenters. The fraction of sp³-hybridized carbons (Fsp3) is 0.0909. The van der Waals surface area contributed by atoms with E-state index in [-0.39, 0.29) is 5.82 Å². The molecule has 0 saturated heterocycles. The standard InChI is InChI=1S/C11H8ClF/c1-7-4-8-2-3-10(12)5-9(8)6-11(7)13/h2-6H,1H3. The zero-order valence-corrected chi connectivity index (χ0v) is 7.90. The SMILES string of the molecule is Cc1cc2ccc(Cl)cc2cc1F. The Hall–Kier alpha value is -1.08. The molecule has 2 rings (SSSR count). The Morgan fingerprint density at radius 1 is 1.08 bits per heavy atom. The van der Waals surface area contributed by atoms with Gasteiger partial charge >= 0.3 is 0 Å². The highest BCUT2D eigenvalue weighted by Crippen LogP contribution is 2.22. The van der Waals surface area contributed by atoms with Gasteiger partial charge in [-0.2, -0.15) is 0 Å². The van der Waals surface area contributed by atoms with Gasteiger partial charge in [-0.25, -0.2) is 4.39 Å². The van der Waals surface area contributed by atoms with Crippen LogP contribution in [-0.4, -0.2) is 0 Å². The molecule has 0 saturated carbocycles. The van der Waals surface area contributed by atoms with Crippen LogP contribution in [0.5, 0.6) is 0 Å². The molecule has 0 aliphatic carbocycles. The van der Waals surface area contributed by atoms with E-state index >= 15 is 0 Å². The lowest BCUT2D eigenvalue weighted by molar-refractivity contribution is 0.620. The van der Waals surface area contributed by atoms with E-state index in [0.717, 1.165) is 10.8 Å². The molecule has 0 atom stereocenters. The second-order valence-corrected chi connectivity index (χ2v) is 3.53. The Balaban J connectivity index is 2.81. The van der Waals surface area contributed by atoms with Gasteiger partial charge in [0.15, 0.2) is 0 Å². The quantitative estimate of drug-likeness (QED) is 0.596. The molecule has 66 valence electrons. The Bertz CT molecular complexity index is 463. The molecule has 0 amide bonds. The number of aryl methyl sites for hydroxylation is 1. The van der Waals surface area contributed by atoms with E-state index in [1.54, 1.807) is 19.1 Å². The molecule has 0 nitrogen and oxygen atoms in total. The van der Waals surface area contributed by atoms with Gasteiger partial charge in [-0.3, -0.25) is 0 Å². The third-order valence-electron chi connectivity index (χ3n) is 2.08. The summed E-state index contributed by atoms with van der Waals surface area (Å²) in [7, 11) is 0. The van der Waals surface area contributed by atoms with Gasteiger partial charge in [0, 0.05) is 5.02 Å². The first-order chi connectivity index (χ1) is 6.16. The average molecular weight is 195 g/mol. The van der Waals surface area contributed by atoms with Gasteiger partial charge in [-0.1, -0.05) is 17.7 Å². The lowest BCUT2D eigenvalue weighted by Gasteiger charge is -2.01. The summed E-state index contributed by atoms with van der Waals surface area (Å²) in [6.07, 6.45) is 0. The lowest BCUT2D eigenvalue weighted by Crippen LogP contribution is -1.82. The topological polar surface area (TPSA) is 0 Å². The summed E-state index contributed by atoms with van der Waals surface area (Å²) in [4.78, 5) is 0. The summed E-state index contributed by atoms with van der Waals surface area (Å²) >= 11 is 5.79. The van der Waals surface area contributed by atoms with Crippen LogP contribution in [0.25, 0.3) is 10.8 Å². The fourth-order valence-corrected chi connectivity index (χ4v) is 1.54. The number of fused-ring (bicyclic) bond motifs is 1. The maximum absolute atomic E-state index is 13.1. The molecule has 2 aromatic rings. The van der Waals surface area contributed by atoms with E-state index in [1.165, 1.54) is 6.07 Å². The van der Waals surface area contributed by atoms with E-state index in [1.807, 2.05) is 12.1 Å². The smallest absolute Gasteiger partial charge is 0.126 e. The van der Waals surface area contributed by atoms with Crippen molar-refractivity contribution >= 4 is 22.4 Å². The van der Waals surface area contributed by atoms with E-state index in [4.69, 9.17) is 11.6 Å². The van der Waals surface area contributed by atoms with Gasteiger partial charge in [0.2, 0.25) is 0 Å². The van der Waals surface area contributed by atoms with Gasteiger partial charge in [-0.05, 0) is 47.5 Å². The van der Waals surface area contributed by atoms with Crippen LogP contribution in [0.2, 0.25) is 5.02 Å². The summed E-state index contributed by atoms with van der Waals surface area (Å²) in [6.45, 7) is 1.75. The highest BCUT2D eigenvalue weighted by Gasteiger charge is 2.00. The number of rotatable bonds is 0. The largest absolute Gasteiger partial charge is 0.207 e. The summed E-state index contributed by atoms with van der Waals surface area (Å²) < 4.78 is 13.1. The molecule has 0 aliphatic rings. The van der Waals surface area contributed by atoms with Crippen LogP contribution < -0.4 is 0 Å². The second-order valence-electron chi connectivity index (χ2n) is 3.09. The molecule has 2 aromatic carbocycles. The monoisotopic (exact) mass is 194 g/mol. The first kappa shape index (κ1) is 8.52. The number of hydrogen-bond acceptors (Lipinski definition) is 0. The van der Waals surface area contributed by atoms with Crippen molar-refractivity contribution in [3.8, 4) is 0 Å². The molecule has 13 heavy (non-hydrogen) atoms. The minimum Gasteiger partial charge on any atom is -0.207 e. The van der Waals surface area contributed by atoms with Crippen LogP contribution in [-0.2, 0) is 0 Å². The van der Waals surface area contributed by atoms with Crippen molar-refractivity contribution in [1.29, 1.82) is 0 Å². The average Bonchev–Trinajstić information content (AvgIpc) is 2.08. The van der Waals surface area contributed by atoms with Crippen LogP contribution in [0, 0.1) is 12.7 Å². The molecule has 0 N–H and O–H groups in total. The van der Waals surface area contributed by atoms with Crippen LogP contribution >= 0.6 is 11.6 Å². The minimum atomic E-state index is -0.185. The van der Waals surface area contributed by atoms with E-state index in [9.17, 15) is 4.39 Å². The van der Waals surface area contributed by atoms with Crippen LogP contribution in [0.1, 0.15) is 5.56 Å². The lowest BCUT2D eigenvalue weighted by atomic mass is 10.1. The summed E-state index contributed by atoms with van der Waals surface area (Å²) in [5, 5.41) is 2.50. The van der Waals surface area contributed by atoms with Crippen molar-refractivity contribution in [2.45, 2.75) is 6.92 Å². The molecular weight excluding hydrogens is 187 g/mol. The van der Waals surface area contributed by atoms with Gasteiger partial charge in [0.1, 0.15) is 5.82 Å². The summed E-state index contributed by atoms with van der Waals surface area (Å²) in [5.41, 5.74) is 0.662. The van der Waals surface area contributed by atoms with Gasteiger partial charge in [-0.15, -0.1) is 0 Å². The molecular formula is C11H8ClF. The number of benzene rings is 2. The van der Waals surface area contributed by atoms with Crippen LogP contribution in [0.3, 0.4) is 0 Å². The fourth-order valence-electron chi connectivity index (χ4n) is 1.35. The van der Waals surface area contributed by atoms with Gasteiger partial charge < -0.3 is 0 Å². The van der Waals surface area contributed by atoms with Crippen molar-refractivity contribution in [1.82, 2.24) is 0 Å². The number of halogens is 2. The molecule has 0 bridgehead atoms. The predicted octanol–water partition coefficient (Wildman–Crippen LogP) is 3.94. The third kappa shape index (κ3) is 1.52. The molecule has 0 spiro atoms. The predicted molar refractivity (Wildman–Crippen MR) is 53.7 cm³/mol. The van der Waals surface area contributed by atoms with Crippen molar-refractivity contribution < 1.29 is 4.39 Å². The molecule has 0 radical (unpaired) electrons. The van der Waals surface area contributed by atoms with Gasteiger partial charge in [0.25, 0.3) is 0 Å². The number of hydrogen-bond donors (Lipinski definition) is 0. The molecule has 2 heteroatoms. The summed E-state index contributed by atoms with van der Waals surface area (Å²) in [5.74, 6) is -0.185. The molecule has 0 aliphatic heterocycles. The third-order valence-corrected chi connectivity index (χ3v) is 2.31. The van der Waals surface area contributed by atoms with Crippen molar-refractivity contribution in [2.75, 3.05) is 0 Å². The van der Waals surface area contributed by atoms with Crippen molar-refractivity contribution in [2.24, 2.45) is 0 Å². The normalized spacial score (nSPS) is 10.7. The first-order valence-corrected chi connectivity index (χ1v) is 4.40. The van der Waals surface area contributed by atoms with Crippen molar-refractivity contribution in [3.63, 3.8) is 0 Å². The van der Waals surface area contributed by atoms with Crippen LogP contribution in [0.4, 0.5) is 4.39 Å². The highest BCUT2D eigenvalue weighted by atomic mass is 35.5. The Morgan fingerprint density at radius 2 is 1.85 bits per heavy atom. The molecule has 0 aromatic heterocycles. The highest BCUT2D eigenvalue weighted by molar-refractivity contribution is 6.31. The molecule has 0 fully saturated rings. The second kappa shape index (κ2) is 3.00. The first-order valence-electron chi connectivity index (χ1n) is 4.02. The maximum atomic E-state index is 13.1. The maximum Gasteiger partial charge on any atom is 0.126 e. The van der Waals surface area contributed by atoms with Gasteiger partial charge in [0.05, 0.1) is 0 Å². The van der Waals surface area contributed by atoms with E-state index in [0.29, 0.717) is 10.6 Å². The Labute approximate surface area is 80.9 Å². The summed E-state index contributed by atoms with van der Waals surface area (Å²) in [6, 6.07) is 8.79. The zero-order valence-electron chi connectivity index (χ0n) is 7.14. The van der Waals surface area contributed by atoms with E-state index in [2.05, 4.69) is 0 Å².